The van der Waals surface area contributed by atoms with E-state index < -0.39 is 22.7 Å². The summed E-state index contributed by atoms with van der Waals surface area (Å²) in [5.74, 6) is -1.02. The first-order chi connectivity index (χ1) is 16.9. The third-order valence-corrected chi connectivity index (χ3v) is 5.97. The van der Waals surface area contributed by atoms with Crippen molar-refractivity contribution in [3.63, 3.8) is 0 Å². The van der Waals surface area contributed by atoms with Crippen LogP contribution in [0.3, 0.4) is 0 Å². The number of aromatic nitrogens is 1. The van der Waals surface area contributed by atoms with Crippen molar-refractivity contribution in [3.05, 3.63) is 106 Å². The first kappa shape index (κ1) is 24.2. The van der Waals surface area contributed by atoms with Crippen LogP contribution in [0.1, 0.15) is 32.9 Å². The van der Waals surface area contributed by atoms with E-state index in [1.807, 2.05) is 84.9 Å². The van der Waals surface area contributed by atoms with Gasteiger partial charge in [-0.05, 0) is 55.0 Å². The van der Waals surface area contributed by atoms with Crippen LogP contribution < -0.4 is 4.90 Å². The van der Waals surface area contributed by atoms with Crippen LogP contribution in [0.4, 0.5) is 30.2 Å². The molecule has 0 atom stereocenters. The van der Waals surface area contributed by atoms with E-state index >= 15 is 0 Å². The number of thiazole rings is 1. The van der Waals surface area contributed by atoms with E-state index in [-0.39, 0.29) is 11.6 Å². The topological polar surface area (TPSA) is 42.4 Å². The number of benzene rings is 3. The summed E-state index contributed by atoms with van der Waals surface area (Å²) in [6.07, 6.45) is -1.62. The molecule has 0 aliphatic heterocycles. The first-order valence-corrected chi connectivity index (χ1v) is 11.6. The van der Waals surface area contributed by atoms with E-state index in [1.165, 1.54) is 13.0 Å². The number of hydrogen-bond donors (Lipinski definition) is 0. The van der Waals surface area contributed by atoms with Gasteiger partial charge in [-0.25, -0.2) is 9.78 Å². The Morgan fingerprint density at radius 3 is 1.94 bits per heavy atom. The highest BCUT2D eigenvalue weighted by molar-refractivity contribution is 7.14. The Morgan fingerprint density at radius 2 is 1.43 bits per heavy atom. The third kappa shape index (κ3) is 5.78. The fourth-order valence-electron chi connectivity index (χ4n) is 3.44. The Hall–Kier alpha value is -3.91. The summed E-state index contributed by atoms with van der Waals surface area (Å²) in [6.45, 7) is 1.52. The van der Waals surface area contributed by atoms with Crippen LogP contribution in [-0.4, -0.2) is 17.6 Å². The molecule has 0 bridgehead atoms. The molecule has 0 spiro atoms. The van der Waals surface area contributed by atoms with Gasteiger partial charge in [-0.3, -0.25) is 0 Å². The zero-order chi connectivity index (χ0) is 24.8. The molecule has 0 saturated carbocycles. The number of alkyl halides is 3. The zero-order valence-corrected chi connectivity index (χ0v) is 19.5. The van der Waals surface area contributed by atoms with Gasteiger partial charge in [0, 0.05) is 17.1 Å². The van der Waals surface area contributed by atoms with Crippen molar-refractivity contribution in [2.24, 2.45) is 0 Å². The number of esters is 1. The predicted octanol–water partition coefficient (Wildman–Crippen LogP) is 7.98. The highest BCUT2D eigenvalue weighted by Gasteiger charge is 2.39. The monoisotopic (exact) mass is 494 g/mol. The van der Waals surface area contributed by atoms with Crippen molar-refractivity contribution >= 4 is 46.5 Å². The summed E-state index contributed by atoms with van der Waals surface area (Å²) >= 11 is 0.656. The highest BCUT2D eigenvalue weighted by atomic mass is 32.1. The molecule has 0 aliphatic carbocycles. The molecule has 0 unspecified atom stereocenters. The second-order valence-corrected chi connectivity index (χ2v) is 8.41. The van der Waals surface area contributed by atoms with Crippen molar-refractivity contribution < 1.29 is 22.7 Å². The maximum absolute atomic E-state index is 13.3. The standard InChI is InChI=1S/C27H21F3N2O2S/c1-2-34-26(33)24-25(27(28,29)30)31-23(35-24)18-15-19-13-16-22(17-14-19)32(20-9-5-3-6-10-20)21-11-7-4-8-12-21/h3-18H,2H2,1H3/b18-15+. The molecule has 0 radical (unpaired) electrons. The number of nitrogens with zero attached hydrogens (tertiary/aromatic N) is 2. The van der Waals surface area contributed by atoms with Gasteiger partial charge in [-0.1, -0.05) is 54.6 Å². The lowest BCUT2D eigenvalue weighted by Crippen LogP contribution is -2.13. The van der Waals surface area contributed by atoms with Crippen molar-refractivity contribution in [2.45, 2.75) is 13.1 Å². The smallest absolute Gasteiger partial charge is 0.435 e. The quantitative estimate of drug-likeness (QED) is 0.244. The van der Waals surface area contributed by atoms with Crippen LogP contribution in [-0.2, 0) is 10.9 Å². The van der Waals surface area contributed by atoms with Crippen LogP contribution >= 0.6 is 11.3 Å². The number of rotatable bonds is 7. The van der Waals surface area contributed by atoms with Gasteiger partial charge in [0.05, 0.1) is 6.61 Å². The number of hydrogen-bond acceptors (Lipinski definition) is 5. The summed E-state index contributed by atoms with van der Waals surface area (Å²) in [5.41, 5.74) is 2.47. The lowest BCUT2D eigenvalue weighted by atomic mass is 10.1. The third-order valence-electron chi connectivity index (χ3n) is 4.97. The molecule has 0 saturated heterocycles. The second kappa shape index (κ2) is 10.6. The van der Waals surface area contributed by atoms with Gasteiger partial charge in [0.1, 0.15) is 9.88 Å². The van der Waals surface area contributed by atoms with Crippen molar-refractivity contribution in [1.82, 2.24) is 4.98 Å². The van der Waals surface area contributed by atoms with Crippen LogP contribution in [0, 0.1) is 0 Å². The SMILES string of the molecule is CCOC(=O)c1sc(/C=C/c2ccc(N(c3ccccc3)c3ccccc3)cc2)nc1C(F)(F)F. The van der Waals surface area contributed by atoms with Gasteiger partial charge in [-0.15, -0.1) is 11.3 Å². The maximum Gasteiger partial charge on any atom is 0.435 e. The number of carbonyl (C=O) groups is 1. The Labute approximate surface area is 204 Å². The molecule has 0 N–H and O–H groups in total. The van der Waals surface area contributed by atoms with Crippen molar-refractivity contribution in [3.8, 4) is 0 Å². The minimum Gasteiger partial charge on any atom is -0.462 e. The molecule has 4 rings (SSSR count). The highest BCUT2D eigenvalue weighted by Crippen LogP contribution is 2.36. The lowest BCUT2D eigenvalue weighted by molar-refractivity contribution is -0.141. The summed E-state index contributed by atoms with van der Waals surface area (Å²) in [6, 6.07) is 27.5. The fraction of sp³-hybridized carbons (Fsp3) is 0.111. The molecular weight excluding hydrogens is 473 g/mol. The molecule has 4 aromatic rings. The van der Waals surface area contributed by atoms with Gasteiger partial charge in [-0.2, -0.15) is 13.2 Å². The molecule has 0 aliphatic rings. The lowest BCUT2D eigenvalue weighted by Gasteiger charge is -2.25. The van der Waals surface area contributed by atoms with Crippen LogP contribution in [0.2, 0.25) is 0 Å². The molecule has 35 heavy (non-hydrogen) atoms. The molecule has 0 fully saturated rings. The van der Waals surface area contributed by atoms with Crippen LogP contribution in [0.5, 0.6) is 0 Å². The molecular formula is C27H21F3N2O2S. The number of ether oxygens (including phenoxy) is 1. The van der Waals surface area contributed by atoms with Gasteiger partial charge in [0.25, 0.3) is 0 Å². The van der Waals surface area contributed by atoms with E-state index in [9.17, 15) is 18.0 Å². The van der Waals surface area contributed by atoms with E-state index in [1.54, 1.807) is 6.08 Å². The summed E-state index contributed by atoms with van der Waals surface area (Å²) in [5, 5.41) is 0.0691. The summed E-state index contributed by atoms with van der Waals surface area (Å²) < 4.78 is 44.8. The Morgan fingerprint density at radius 1 is 0.886 bits per heavy atom. The van der Waals surface area contributed by atoms with Crippen molar-refractivity contribution in [2.75, 3.05) is 11.5 Å². The molecule has 1 heterocycles. The van der Waals surface area contributed by atoms with E-state index in [0.29, 0.717) is 11.3 Å². The largest absolute Gasteiger partial charge is 0.462 e. The average molecular weight is 495 g/mol. The van der Waals surface area contributed by atoms with E-state index in [0.717, 1.165) is 22.6 Å². The summed E-state index contributed by atoms with van der Waals surface area (Å²) in [4.78, 5) is 17.1. The molecule has 4 nitrogen and oxygen atoms in total. The Kier molecular flexibility index (Phi) is 7.31. The Balaban J connectivity index is 1.61. The maximum atomic E-state index is 13.3. The van der Waals surface area contributed by atoms with Gasteiger partial charge in [0.2, 0.25) is 0 Å². The van der Waals surface area contributed by atoms with Crippen LogP contribution in [0.15, 0.2) is 84.9 Å². The molecule has 178 valence electrons. The summed E-state index contributed by atoms with van der Waals surface area (Å²) in [7, 11) is 0. The molecule has 3 aromatic carbocycles. The van der Waals surface area contributed by atoms with Gasteiger partial charge < -0.3 is 9.64 Å². The fourth-order valence-corrected chi connectivity index (χ4v) is 4.32. The minimum atomic E-state index is -4.75. The molecule has 8 heteroatoms. The predicted molar refractivity (Wildman–Crippen MR) is 133 cm³/mol. The number of para-hydroxylation sites is 2. The van der Waals surface area contributed by atoms with E-state index in [2.05, 4.69) is 9.88 Å². The van der Waals surface area contributed by atoms with Gasteiger partial charge >= 0.3 is 12.1 Å². The number of anilines is 3. The Bertz CT molecular complexity index is 1260. The molecule has 0 amide bonds. The second-order valence-electron chi connectivity index (χ2n) is 7.38. The normalized spacial score (nSPS) is 11.5. The number of carbonyl (C=O) groups excluding carboxylic acids is 1. The van der Waals surface area contributed by atoms with Crippen molar-refractivity contribution in [1.29, 1.82) is 0 Å². The van der Waals surface area contributed by atoms with Gasteiger partial charge in [0.15, 0.2) is 5.69 Å². The van der Waals surface area contributed by atoms with Crippen LogP contribution in [0.25, 0.3) is 12.2 Å². The minimum absolute atomic E-state index is 0.0193. The average Bonchev–Trinajstić information content (AvgIpc) is 3.31. The number of halogens is 3. The first-order valence-electron chi connectivity index (χ1n) is 10.8. The molecule has 1 aromatic heterocycles. The zero-order valence-electron chi connectivity index (χ0n) is 18.7. The van der Waals surface area contributed by atoms with E-state index in [4.69, 9.17) is 4.74 Å².